The SMILES string of the molecule is Cc1ccc(C)c(/C=C/C(=O)N/N=C/c2ccc(OCc3c(F)cccc3Cl)cc2)c1. The molecule has 6 heteroatoms. The summed E-state index contributed by atoms with van der Waals surface area (Å²) < 4.78 is 19.4. The first-order valence-electron chi connectivity index (χ1n) is 9.66. The molecule has 1 N–H and O–H groups in total. The minimum absolute atomic E-state index is 0.0295. The Labute approximate surface area is 186 Å². The van der Waals surface area contributed by atoms with Gasteiger partial charge in [-0.25, -0.2) is 9.82 Å². The second-order valence-corrected chi connectivity index (χ2v) is 7.39. The summed E-state index contributed by atoms with van der Waals surface area (Å²) in [6, 6.07) is 17.6. The highest BCUT2D eigenvalue weighted by Gasteiger charge is 2.07. The first kappa shape index (κ1) is 22.2. The molecule has 1 amide bonds. The number of amides is 1. The third-order valence-electron chi connectivity index (χ3n) is 4.56. The monoisotopic (exact) mass is 436 g/mol. The van der Waals surface area contributed by atoms with Crippen molar-refractivity contribution >= 4 is 29.8 Å². The number of rotatable bonds is 7. The number of nitrogens with one attached hydrogen (secondary N) is 1. The van der Waals surface area contributed by atoms with Crippen molar-refractivity contribution in [3.63, 3.8) is 0 Å². The zero-order valence-electron chi connectivity index (χ0n) is 17.2. The van der Waals surface area contributed by atoms with E-state index in [1.54, 1.807) is 42.5 Å². The number of hydrazone groups is 1. The van der Waals surface area contributed by atoms with E-state index < -0.39 is 5.82 Å². The van der Waals surface area contributed by atoms with Gasteiger partial charge >= 0.3 is 0 Å². The summed E-state index contributed by atoms with van der Waals surface area (Å²) in [6.45, 7) is 4.03. The fourth-order valence-electron chi connectivity index (χ4n) is 2.79. The van der Waals surface area contributed by atoms with E-state index in [-0.39, 0.29) is 12.5 Å². The average Bonchev–Trinajstić information content (AvgIpc) is 2.75. The van der Waals surface area contributed by atoms with Crippen LogP contribution in [-0.4, -0.2) is 12.1 Å². The Morgan fingerprint density at radius 3 is 2.65 bits per heavy atom. The summed E-state index contributed by atoms with van der Waals surface area (Å²) in [6.07, 6.45) is 4.74. The van der Waals surface area contributed by atoms with Crippen LogP contribution >= 0.6 is 11.6 Å². The molecule has 0 fully saturated rings. The molecule has 0 heterocycles. The molecular weight excluding hydrogens is 415 g/mol. The summed E-state index contributed by atoms with van der Waals surface area (Å²) in [5.74, 6) is -0.158. The number of carbonyl (C=O) groups excluding carboxylic acids is 1. The number of aryl methyl sites for hydroxylation is 2. The van der Waals surface area contributed by atoms with Crippen molar-refractivity contribution in [2.45, 2.75) is 20.5 Å². The van der Waals surface area contributed by atoms with Crippen LogP contribution in [0.15, 0.2) is 71.8 Å². The minimum atomic E-state index is -0.404. The smallest absolute Gasteiger partial charge is 0.264 e. The zero-order chi connectivity index (χ0) is 22.2. The molecular formula is C25H22ClFN2O2. The van der Waals surface area contributed by atoms with Gasteiger partial charge in [0, 0.05) is 11.6 Å². The topological polar surface area (TPSA) is 50.7 Å². The molecule has 4 nitrogen and oxygen atoms in total. The van der Waals surface area contributed by atoms with E-state index in [9.17, 15) is 9.18 Å². The van der Waals surface area contributed by atoms with Crippen molar-refractivity contribution in [1.29, 1.82) is 0 Å². The lowest BCUT2D eigenvalue weighted by Crippen LogP contribution is -2.14. The number of hydrogen-bond donors (Lipinski definition) is 1. The van der Waals surface area contributed by atoms with Crippen molar-refractivity contribution in [3.8, 4) is 5.75 Å². The molecule has 0 aliphatic heterocycles. The predicted molar refractivity (Wildman–Crippen MR) is 123 cm³/mol. The van der Waals surface area contributed by atoms with Crippen LogP contribution in [-0.2, 0) is 11.4 Å². The van der Waals surface area contributed by atoms with Crippen LogP contribution in [0.2, 0.25) is 5.02 Å². The lowest BCUT2D eigenvalue weighted by Gasteiger charge is -2.08. The first-order valence-corrected chi connectivity index (χ1v) is 10.0. The second-order valence-electron chi connectivity index (χ2n) is 6.99. The van der Waals surface area contributed by atoms with E-state index in [4.69, 9.17) is 16.3 Å². The fraction of sp³-hybridized carbons (Fsp3) is 0.120. The predicted octanol–water partition coefficient (Wildman–Crippen LogP) is 5.84. The summed E-state index contributed by atoms with van der Waals surface area (Å²) in [5, 5.41) is 4.28. The quantitative estimate of drug-likeness (QED) is 0.287. The van der Waals surface area contributed by atoms with Gasteiger partial charge < -0.3 is 4.74 Å². The number of benzene rings is 3. The first-order chi connectivity index (χ1) is 14.9. The number of halogens is 2. The van der Waals surface area contributed by atoms with E-state index in [2.05, 4.69) is 10.5 Å². The lowest BCUT2D eigenvalue weighted by atomic mass is 10.1. The van der Waals surface area contributed by atoms with Crippen molar-refractivity contribution in [3.05, 3.63) is 105 Å². The molecule has 0 unspecified atom stereocenters. The summed E-state index contributed by atoms with van der Waals surface area (Å²) >= 11 is 6.00. The maximum Gasteiger partial charge on any atom is 0.264 e. The van der Waals surface area contributed by atoms with Gasteiger partial charge in [-0.3, -0.25) is 4.79 Å². The molecule has 0 saturated heterocycles. The van der Waals surface area contributed by atoms with Gasteiger partial charge in [-0.15, -0.1) is 0 Å². The molecule has 0 atom stereocenters. The zero-order valence-corrected chi connectivity index (χ0v) is 18.0. The van der Waals surface area contributed by atoms with Gasteiger partial charge in [0.2, 0.25) is 0 Å². The fourth-order valence-corrected chi connectivity index (χ4v) is 3.01. The molecule has 0 aromatic heterocycles. The van der Waals surface area contributed by atoms with Crippen molar-refractivity contribution in [2.75, 3.05) is 0 Å². The Kier molecular flexibility index (Phi) is 7.57. The number of hydrogen-bond acceptors (Lipinski definition) is 3. The summed E-state index contributed by atoms with van der Waals surface area (Å²) in [7, 11) is 0. The molecule has 0 saturated carbocycles. The van der Waals surface area contributed by atoms with Crippen LogP contribution in [0, 0.1) is 19.7 Å². The second kappa shape index (κ2) is 10.5. The van der Waals surface area contributed by atoms with E-state index >= 15 is 0 Å². The summed E-state index contributed by atoms with van der Waals surface area (Å²) in [5.41, 5.74) is 6.77. The van der Waals surface area contributed by atoms with Crippen molar-refractivity contribution in [2.24, 2.45) is 5.10 Å². The molecule has 0 spiro atoms. The third kappa shape index (κ3) is 6.52. The Morgan fingerprint density at radius 1 is 1.13 bits per heavy atom. The molecule has 3 aromatic rings. The molecule has 0 aliphatic carbocycles. The third-order valence-corrected chi connectivity index (χ3v) is 4.92. The van der Waals surface area contributed by atoms with Gasteiger partial charge in [-0.05, 0) is 73.0 Å². The maximum atomic E-state index is 13.8. The van der Waals surface area contributed by atoms with Gasteiger partial charge in [0.1, 0.15) is 18.2 Å². The number of carbonyl (C=O) groups is 1. The summed E-state index contributed by atoms with van der Waals surface area (Å²) in [4.78, 5) is 12.0. The van der Waals surface area contributed by atoms with E-state index in [1.807, 2.05) is 32.0 Å². The molecule has 3 rings (SSSR count). The molecule has 31 heavy (non-hydrogen) atoms. The normalized spacial score (nSPS) is 11.2. The molecule has 0 radical (unpaired) electrons. The van der Waals surface area contributed by atoms with Crippen LogP contribution in [0.1, 0.15) is 27.8 Å². The van der Waals surface area contributed by atoms with Crippen LogP contribution in [0.5, 0.6) is 5.75 Å². The molecule has 3 aromatic carbocycles. The van der Waals surface area contributed by atoms with Crippen LogP contribution in [0.4, 0.5) is 4.39 Å². The Balaban J connectivity index is 1.51. The van der Waals surface area contributed by atoms with Gasteiger partial charge in [-0.2, -0.15) is 5.10 Å². The Morgan fingerprint density at radius 2 is 1.90 bits per heavy atom. The largest absolute Gasteiger partial charge is 0.489 e. The number of nitrogens with zero attached hydrogens (tertiary/aromatic N) is 1. The van der Waals surface area contributed by atoms with E-state index in [0.717, 1.165) is 22.3 Å². The highest BCUT2D eigenvalue weighted by atomic mass is 35.5. The van der Waals surface area contributed by atoms with Gasteiger partial charge in [0.25, 0.3) is 5.91 Å². The van der Waals surface area contributed by atoms with Crippen LogP contribution < -0.4 is 10.2 Å². The van der Waals surface area contributed by atoms with Crippen molar-refractivity contribution < 1.29 is 13.9 Å². The lowest BCUT2D eigenvalue weighted by molar-refractivity contribution is -0.116. The number of ether oxygens (including phenoxy) is 1. The van der Waals surface area contributed by atoms with Gasteiger partial charge in [0.15, 0.2) is 0 Å². The van der Waals surface area contributed by atoms with Gasteiger partial charge in [-0.1, -0.05) is 41.4 Å². The van der Waals surface area contributed by atoms with E-state index in [1.165, 1.54) is 18.4 Å². The standard InChI is InChI=1S/C25H22ClFN2O2/c1-17-6-7-18(2)20(14-17)10-13-25(30)29-28-15-19-8-11-21(12-9-19)31-16-22-23(26)4-3-5-24(22)27/h3-15H,16H2,1-2H3,(H,29,30)/b13-10+,28-15+. The van der Waals surface area contributed by atoms with Crippen LogP contribution in [0.3, 0.4) is 0 Å². The Hall–Kier alpha value is -3.44. The highest BCUT2D eigenvalue weighted by Crippen LogP contribution is 2.21. The maximum absolute atomic E-state index is 13.8. The van der Waals surface area contributed by atoms with Gasteiger partial charge in [0.05, 0.1) is 11.2 Å². The molecule has 0 aliphatic rings. The molecule has 158 valence electrons. The average molecular weight is 437 g/mol. The Bertz CT molecular complexity index is 1100. The highest BCUT2D eigenvalue weighted by molar-refractivity contribution is 6.31. The molecule has 0 bridgehead atoms. The van der Waals surface area contributed by atoms with E-state index in [0.29, 0.717) is 16.3 Å². The van der Waals surface area contributed by atoms with Crippen molar-refractivity contribution in [1.82, 2.24) is 5.43 Å². The van der Waals surface area contributed by atoms with Crippen LogP contribution in [0.25, 0.3) is 6.08 Å². The minimum Gasteiger partial charge on any atom is -0.489 e.